The van der Waals surface area contributed by atoms with Crippen LogP contribution in [0.5, 0.6) is 0 Å². The molecule has 0 unspecified atom stereocenters. The van der Waals surface area contributed by atoms with E-state index in [1.54, 1.807) is 0 Å². The normalized spacial score (nSPS) is 11.8. The van der Waals surface area contributed by atoms with E-state index in [0.717, 1.165) is 25.4 Å². The van der Waals surface area contributed by atoms with Crippen molar-refractivity contribution in [3.05, 3.63) is 59.2 Å². The van der Waals surface area contributed by atoms with Gasteiger partial charge in [-0.15, -0.1) is 0 Å². The van der Waals surface area contributed by atoms with E-state index in [9.17, 15) is 0 Å². The Balaban J connectivity index is 2.14. The molecular formula is C25H37N3S2. The minimum absolute atomic E-state index is 0.209. The lowest BCUT2D eigenvalue weighted by atomic mass is 10.1. The summed E-state index contributed by atoms with van der Waals surface area (Å²) < 4.78 is 0.209. The molecule has 0 aliphatic carbocycles. The summed E-state index contributed by atoms with van der Waals surface area (Å²) in [4.78, 5) is 2.12. The average molecular weight is 444 g/mol. The smallest absolute Gasteiger partial charge is 0.0386 e. The van der Waals surface area contributed by atoms with Gasteiger partial charge in [-0.2, -0.15) is 23.5 Å². The minimum atomic E-state index is 0.209. The van der Waals surface area contributed by atoms with Crippen LogP contribution in [0.15, 0.2) is 42.5 Å². The minimum Gasteiger partial charge on any atom is -0.383 e. The summed E-state index contributed by atoms with van der Waals surface area (Å²) in [5, 5.41) is 7.25. The maximum atomic E-state index is 3.67. The number of anilines is 2. The van der Waals surface area contributed by atoms with Crippen LogP contribution in [0.4, 0.5) is 11.4 Å². The van der Waals surface area contributed by atoms with Crippen LogP contribution in [0.2, 0.25) is 0 Å². The fraction of sp³-hybridized carbons (Fsp3) is 0.440. The molecule has 0 spiro atoms. The Morgan fingerprint density at radius 1 is 0.967 bits per heavy atom. The average Bonchev–Trinajstić information content (AvgIpc) is 2.74. The van der Waals surface area contributed by atoms with Gasteiger partial charge in [0.15, 0.2) is 0 Å². The molecule has 164 valence electrons. The van der Waals surface area contributed by atoms with Crippen LogP contribution in [0.25, 0.3) is 12.2 Å². The molecule has 2 N–H and O–H groups in total. The van der Waals surface area contributed by atoms with Crippen molar-refractivity contribution in [2.24, 2.45) is 0 Å². The van der Waals surface area contributed by atoms with Gasteiger partial charge in [-0.05, 0) is 67.3 Å². The number of nitrogens with one attached hydrogen (secondary N) is 2. The molecule has 0 aromatic heterocycles. The van der Waals surface area contributed by atoms with Crippen molar-refractivity contribution in [2.45, 2.75) is 25.1 Å². The second kappa shape index (κ2) is 12.3. The van der Waals surface area contributed by atoms with Gasteiger partial charge in [0, 0.05) is 55.6 Å². The molecule has 3 nitrogen and oxygen atoms in total. The van der Waals surface area contributed by atoms with Crippen LogP contribution >= 0.6 is 23.5 Å². The molecule has 2 aromatic carbocycles. The van der Waals surface area contributed by atoms with E-state index in [1.165, 1.54) is 28.1 Å². The molecule has 0 aliphatic heterocycles. The summed E-state index contributed by atoms with van der Waals surface area (Å²) in [6, 6.07) is 15.4. The molecule has 0 aliphatic rings. The Morgan fingerprint density at radius 2 is 1.63 bits per heavy atom. The molecular weight excluding hydrogens is 406 g/mol. The fourth-order valence-electron chi connectivity index (χ4n) is 2.89. The van der Waals surface area contributed by atoms with Crippen molar-refractivity contribution >= 4 is 47.1 Å². The number of thioether (sulfide) groups is 2. The van der Waals surface area contributed by atoms with Crippen molar-refractivity contribution < 1.29 is 0 Å². The molecule has 0 amide bonds. The maximum Gasteiger partial charge on any atom is 0.0386 e. The van der Waals surface area contributed by atoms with Crippen LogP contribution in [-0.4, -0.2) is 50.2 Å². The van der Waals surface area contributed by atoms with Gasteiger partial charge in [0.05, 0.1) is 0 Å². The highest BCUT2D eigenvalue weighted by Gasteiger charge is 2.16. The Labute approximate surface area is 192 Å². The van der Waals surface area contributed by atoms with Gasteiger partial charge in [0.1, 0.15) is 0 Å². The number of rotatable bonds is 12. The SMILES string of the molecule is CSCCNCc1cc(/C=C/c2ccc(N(C)C)cc2)ccc1NCC(C)(C)SC. The van der Waals surface area contributed by atoms with Gasteiger partial charge in [0.2, 0.25) is 0 Å². The molecule has 30 heavy (non-hydrogen) atoms. The van der Waals surface area contributed by atoms with E-state index < -0.39 is 0 Å². The lowest BCUT2D eigenvalue weighted by molar-refractivity contribution is 0.726. The molecule has 0 heterocycles. The van der Waals surface area contributed by atoms with Gasteiger partial charge in [-0.25, -0.2) is 0 Å². The van der Waals surface area contributed by atoms with Crippen LogP contribution in [0.1, 0.15) is 30.5 Å². The summed E-state index contributed by atoms with van der Waals surface area (Å²) in [5.74, 6) is 1.13. The van der Waals surface area contributed by atoms with Crippen molar-refractivity contribution in [3.8, 4) is 0 Å². The third kappa shape index (κ3) is 8.29. The van der Waals surface area contributed by atoms with Crippen molar-refractivity contribution in [2.75, 3.05) is 55.7 Å². The van der Waals surface area contributed by atoms with Crippen LogP contribution in [-0.2, 0) is 6.54 Å². The maximum absolute atomic E-state index is 3.67. The molecule has 0 bridgehead atoms. The third-order valence-corrected chi connectivity index (χ3v) is 6.92. The largest absolute Gasteiger partial charge is 0.383 e. The topological polar surface area (TPSA) is 27.3 Å². The van der Waals surface area contributed by atoms with E-state index in [4.69, 9.17) is 0 Å². The number of hydrogen-bond donors (Lipinski definition) is 2. The molecule has 5 heteroatoms. The Morgan fingerprint density at radius 3 is 2.27 bits per heavy atom. The van der Waals surface area contributed by atoms with Gasteiger partial charge >= 0.3 is 0 Å². The summed E-state index contributed by atoms with van der Waals surface area (Å²) in [6.45, 7) is 7.40. The summed E-state index contributed by atoms with van der Waals surface area (Å²) >= 11 is 3.77. The van der Waals surface area contributed by atoms with Crippen molar-refractivity contribution in [1.82, 2.24) is 5.32 Å². The molecule has 0 saturated heterocycles. The lowest BCUT2D eigenvalue weighted by Crippen LogP contribution is -2.26. The summed E-state index contributed by atoms with van der Waals surface area (Å²) in [6.07, 6.45) is 8.70. The summed E-state index contributed by atoms with van der Waals surface area (Å²) in [7, 11) is 4.13. The first-order chi connectivity index (χ1) is 14.3. The van der Waals surface area contributed by atoms with Gasteiger partial charge in [0.25, 0.3) is 0 Å². The monoisotopic (exact) mass is 443 g/mol. The fourth-order valence-corrected chi connectivity index (χ4v) is 3.45. The van der Waals surface area contributed by atoms with E-state index in [1.807, 2.05) is 23.5 Å². The second-order valence-electron chi connectivity index (χ2n) is 8.22. The van der Waals surface area contributed by atoms with E-state index in [2.05, 4.69) is 111 Å². The second-order valence-corrected chi connectivity index (χ2v) is 10.7. The molecule has 0 atom stereocenters. The summed E-state index contributed by atoms with van der Waals surface area (Å²) in [5.41, 5.74) is 6.20. The third-order valence-electron chi connectivity index (χ3n) is 5.06. The first kappa shape index (κ1) is 24.7. The first-order valence-corrected chi connectivity index (χ1v) is 13.0. The predicted molar refractivity (Wildman–Crippen MR) is 142 cm³/mol. The molecule has 2 rings (SSSR count). The van der Waals surface area contributed by atoms with E-state index in [0.29, 0.717) is 0 Å². The zero-order chi connectivity index (χ0) is 22.0. The molecule has 0 saturated carbocycles. The lowest BCUT2D eigenvalue weighted by Gasteiger charge is -2.24. The molecule has 2 aromatic rings. The molecule has 0 radical (unpaired) electrons. The van der Waals surface area contributed by atoms with E-state index >= 15 is 0 Å². The Bertz CT molecular complexity index is 799. The van der Waals surface area contributed by atoms with Crippen LogP contribution in [0, 0.1) is 0 Å². The Hall–Kier alpha value is -1.56. The van der Waals surface area contributed by atoms with Crippen molar-refractivity contribution in [3.63, 3.8) is 0 Å². The quantitative estimate of drug-likeness (QED) is 0.313. The number of hydrogen-bond acceptors (Lipinski definition) is 5. The first-order valence-electron chi connectivity index (χ1n) is 10.4. The van der Waals surface area contributed by atoms with Crippen LogP contribution in [0.3, 0.4) is 0 Å². The highest BCUT2D eigenvalue weighted by Crippen LogP contribution is 2.25. The number of nitrogens with zero attached hydrogens (tertiary/aromatic N) is 1. The molecule has 0 fully saturated rings. The van der Waals surface area contributed by atoms with Gasteiger partial charge < -0.3 is 15.5 Å². The predicted octanol–water partition coefficient (Wildman–Crippen LogP) is 5.93. The zero-order valence-corrected chi connectivity index (χ0v) is 20.9. The zero-order valence-electron chi connectivity index (χ0n) is 19.3. The van der Waals surface area contributed by atoms with Gasteiger partial charge in [-0.1, -0.05) is 30.4 Å². The highest BCUT2D eigenvalue weighted by molar-refractivity contribution is 8.00. The number of benzene rings is 2. The standard InChI is InChI=1S/C25H37N3S2/c1-25(2,30-6)19-27-24-14-11-21(17-22(24)18-26-15-16-29-5)8-7-20-9-12-23(13-10-20)28(3)4/h7-14,17,26-27H,15-16,18-19H2,1-6H3/b8-7+. The van der Waals surface area contributed by atoms with Crippen molar-refractivity contribution in [1.29, 1.82) is 0 Å². The Kier molecular flexibility index (Phi) is 10.2. The van der Waals surface area contributed by atoms with Gasteiger partial charge in [-0.3, -0.25) is 0 Å². The van der Waals surface area contributed by atoms with E-state index in [-0.39, 0.29) is 4.75 Å². The van der Waals surface area contributed by atoms with Crippen LogP contribution < -0.4 is 15.5 Å². The highest BCUT2D eigenvalue weighted by atomic mass is 32.2.